The Morgan fingerprint density at radius 3 is 3.08 bits per heavy atom. The quantitative estimate of drug-likeness (QED) is 0.679. The highest BCUT2D eigenvalue weighted by atomic mass is 32.1. The number of thiazole rings is 1. The monoisotopic (exact) mass is 370 g/mol. The van der Waals surface area contributed by atoms with E-state index in [0.29, 0.717) is 5.89 Å². The standard InChI is InChI=1S/C19H22N4O2S/c1-13-17(26-12-20-13)19-22-21-18(25-19)15-6-4-8-23(11-15)10-14-5-3-7-16(9-14)24-2/h3,5,7,9,12,15H,4,6,8,10-11H2,1-2H3/t15-/m0/s1. The van der Waals surface area contributed by atoms with Gasteiger partial charge in [-0.1, -0.05) is 12.1 Å². The molecule has 1 fully saturated rings. The third-order valence-corrected chi connectivity index (χ3v) is 5.69. The maximum absolute atomic E-state index is 5.98. The van der Waals surface area contributed by atoms with Crippen LogP contribution < -0.4 is 4.74 Å². The number of piperidine rings is 1. The van der Waals surface area contributed by atoms with Crippen LogP contribution in [0.1, 0.15) is 35.9 Å². The molecule has 4 rings (SSSR count). The van der Waals surface area contributed by atoms with Gasteiger partial charge in [0.05, 0.1) is 24.2 Å². The molecule has 1 aromatic carbocycles. The van der Waals surface area contributed by atoms with Crippen molar-refractivity contribution in [1.29, 1.82) is 0 Å². The van der Waals surface area contributed by atoms with Gasteiger partial charge >= 0.3 is 0 Å². The molecule has 7 heteroatoms. The molecule has 3 heterocycles. The normalized spacial score (nSPS) is 18.2. The van der Waals surface area contributed by atoms with Gasteiger partial charge in [0.25, 0.3) is 5.89 Å². The Balaban J connectivity index is 1.45. The predicted octanol–water partition coefficient (Wildman–Crippen LogP) is 3.89. The zero-order valence-corrected chi connectivity index (χ0v) is 15.8. The lowest BCUT2D eigenvalue weighted by molar-refractivity contribution is 0.186. The Kier molecular flexibility index (Phi) is 4.99. The van der Waals surface area contributed by atoms with E-state index in [1.54, 1.807) is 7.11 Å². The third-order valence-electron chi connectivity index (χ3n) is 4.78. The second kappa shape index (κ2) is 7.55. The molecule has 1 atom stereocenters. The van der Waals surface area contributed by atoms with Crippen LogP contribution in [0.5, 0.6) is 5.75 Å². The summed E-state index contributed by atoms with van der Waals surface area (Å²) in [4.78, 5) is 7.67. The first-order valence-electron chi connectivity index (χ1n) is 8.82. The molecule has 6 nitrogen and oxygen atoms in total. The van der Waals surface area contributed by atoms with E-state index in [1.165, 1.54) is 16.9 Å². The first kappa shape index (κ1) is 17.2. The number of aryl methyl sites for hydroxylation is 1. The predicted molar refractivity (Wildman–Crippen MR) is 100 cm³/mol. The van der Waals surface area contributed by atoms with Gasteiger partial charge in [0.15, 0.2) is 0 Å². The summed E-state index contributed by atoms with van der Waals surface area (Å²) in [6.45, 7) is 4.89. The minimum atomic E-state index is 0.281. The fourth-order valence-electron chi connectivity index (χ4n) is 3.43. The molecule has 0 aliphatic carbocycles. The molecule has 2 aromatic heterocycles. The number of benzene rings is 1. The SMILES string of the molecule is COc1cccc(CN2CCC[C@H](c3nnc(-c4scnc4C)o3)C2)c1. The minimum Gasteiger partial charge on any atom is -0.497 e. The molecule has 0 bridgehead atoms. The van der Waals surface area contributed by atoms with Gasteiger partial charge in [-0.15, -0.1) is 21.5 Å². The van der Waals surface area contributed by atoms with E-state index in [0.717, 1.165) is 54.7 Å². The van der Waals surface area contributed by atoms with Gasteiger partial charge in [-0.2, -0.15) is 0 Å². The number of rotatable bonds is 5. The van der Waals surface area contributed by atoms with E-state index in [1.807, 2.05) is 24.6 Å². The van der Waals surface area contributed by atoms with Crippen LogP contribution in [0, 0.1) is 6.92 Å². The first-order chi connectivity index (χ1) is 12.7. The highest BCUT2D eigenvalue weighted by molar-refractivity contribution is 7.13. The smallest absolute Gasteiger partial charge is 0.259 e. The molecule has 3 aromatic rings. The Hall–Kier alpha value is -2.25. The molecule has 1 aliphatic heterocycles. The number of methoxy groups -OCH3 is 1. The molecule has 0 N–H and O–H groups in total. The van der Waals surface area contributed by atoms with Gasteiger partial charge in [-0.3, -0.25) is 4.90 Å². The molecule has 1 saturated heterocycles. The minimum absolute atomic E-state index is 0.281. The van der Waals surface area contributed by atoms with Crippen LogP contribution in [0.2, 0.25) is 0 Å². The number of likely N-dealkylation sites (tertiary alicyclic amines) is 1. The average molecular weight is 370 g/mol. The van der Waals surface area contributed by atoms with Crippen molar-refractivity contribution in [2.24, 2.45) is 0 Å². The number of ether oxygens (including phenoxy) is 1. The molecule has 0 amide bonds. The number of hydrogen-bond donors (Lipinski definition) is 0. The topological polar surface area (TPSA) is 64.3 Å². The van der Waals surface area contributed by atoms with Crippen molar-refractivity contribution in [3.8, 4) is 16.5 Å². The van der Waals surface area contributed by atoms with Gasteiger partial charge in [0.1, 0.15) is 10.6 Å². The molecular formula is C19H22N4O2S. The Morgan fingerprint density at radius 1 is 1.35 bits per heavy atom. The lowest BCUT2D eigenvalue weighted by atomic mass is 9.97. The van der Waals surface area contributed by atoms with Crippen LogP contribution in [0.4, 0.5) is 0 Å². The van der Waals surface area contributed by atoms with Crippen LogP contribution in [0.3, 0.4) is 0 Å². The maximum Gasteiger partial charge on any atom is 0.259 e. The zero-order valence-electron chi connectivity index (χ0n) is 15.0. The fraction of sp³-hybridized carbons (Fsp3) is 0.421. The summed E-state index contributed by atoms with van der Waals surface area (Å²) in [5.74, 6) is 2.51. The zero-order chi connectivity index (χ0) is 17.9. The Bertz CT molecular complexity index is 876. The summed E-state index contributed by atoms with van der Waals surface area (Å²) in [5.41, 5.74) is 4.01. The molecular weight excluding hydrogens is 348 g/mol. The van der Waals surface area contributed by atoms with Crippen LogP contribution >= 0.6 is 11.3 Å². The summed E-state index contributed by atoms with van der Waals surface area (Å²) in [6, 6.07) is 8.26. The first-order valence-corrected chi connectivity index (χ1v) is 9.70. The maximum atomic E-state index is 5.98. The highest BCUT2D eigenvalue weighted by Crippen LogP contribution is 2.31. The molecule has 0 unspecified atom stereocenters. The molecule has 1 aliphatic rings. The molecule has 0 radical (unpaired) electrons. The van der Waals surface area contributed by atoms with Crippen molar-refractivity contribution in [1.82, 2.24) is 20.1 Å². The van der Waals surface area contributed by atoms with Crippen LogP contribution in [0.25, 0.3) is 10.8 Å². The van der Waals surface area contributed by atoms with E-state index >= 15 is 0 Å². The summed E-state index contributed by atoms with van der Waals surface area (Å²) in [6.07, 6.45) is 2.21. The fourth-order valence-corrected chi connectivity index (χ4v) is 4.15. The summed E-state index contributed by atoms with van der Waals surface area (Å²) >= 11 is 1.54. The molecule has 26 heavy (non-hydrogen) atoms. The van der Waals surface area contributed by atoms with Gasteiger partial charge < -0.3 is 9.15 Å². The third kappa shape index (κ3) is 3.64. The van der Waals surface area contributed by atoms with Crippen LogP contribution in [-0.2, 0) is 6.54 Å². The number of nitrogens with zero attached hydrogens (tertiary/aromatic N) is 4. The van der Waals surface area contributed by atoms with E-state index in [4.69, 9.17) is 9.15 Å². The van der Waals surface area contributed by atoms with E-state index in [-0.39, 0.29) is 5.92 Å². The number of aromatic nitrogens is 3. The van der Waals surface area contributed by atoms with Crippen molar-refractivity contribution in [2.45, 2.75) is 32.2 Å². The summed E-state index contributed by atoms with van der Waals surface area (Å²) < 4.78 is 11.3. The van der Waals surface area contributed by atoms with Crippen molar-refractivity contribution in [3.05, 3.63) is 46.9 Å². The lowest BCUT2D eigenvalue weighted by Crippen LogP contribution is -2.34. The van der Waals surface area contributed by atoms with Crippen molar-refractivity contribution in [2.75, 3.05) is 20.2 Å². The Morgan fingerprint density at radius 2 is 2.27 bits per heavy atom. The van der Waals surface area contributed by atoms with Crippen molar-refractivity contribution >= 4 is 11.3 Å². The summed E-state index contributed by atoms with van der Waals surface area (Å²) in [5, 5.41) is 8.57. The Labute approximate surface area is 156 Å². The second-order valence-corrected chi connectivity index (χ2v) is 7.49. The van der Waals surface area contributed by atoms with Crippen LogP contribution in [-0.4, -0.2) is 40.3 Å². The van der Waals surface area contributed by atoms with Crippen molar-refractivity contribution in [3.63, 3.8) is 0 Å². The average Bonchev–Trinajstić information content (AvgIpc) is 3.31. The highest BCUT2D eigenvalue weighted by Gasteiger charge is 2.26. The van der Waals surface area contributed by atoms with Gasteiger partial charge in [-0.25, -0.2) is 4.98 Å². The van der Waals surface area contributed by atoms with E-state index in [9.17, 15) is 0 Å². The van der Waals surface area contributed by atoms with Gasteiger partial charge in [0, 0.05) is 13.1 Å². The van der Waals surface area contributed by atoms with E-state index in [2.05, 4.69) is 32.2 Å². The second-order valence-electron chi connectivity index (χ2n) is 6.64. The molecule has 0 saturated carbocycles. The number of hydrogen-bond acceptors (Lipinski definition) is 7. The van der Waals surface area contributed by atoms with Crippen molar-refractivity contribution < 1.29 is 9.15 Å². The molecule has 136 valence electrons. The van der Waals surface area contributed by atoms with Gasteiger partial charge in [0.2, 0.25) is 5.89 Å². The summed E-state index contributed by atoms with van der Waals surface area (Å²) in [7, 11) is 1.70. The largest absolute Gasteiger partial charge is 0.497 e. The van der Waals surface area contributed by atoms with Crippen LogP contribution in [0.15, 0.2) is 34.2 Å². The lowest BCUT2D eigenvalue weighted by Gasteiger charge is -2.31. The van der Waals surface area contributed by atoms with E-state index < -0.39 is 0 Å². The molecule has 0 spiro atoms. The van der Waals surface area contributed by atoms with Gasteiger partial charge in [-0.05, 0) is 44.0 Å².